The van der Waals surface area contributed by atoms with E-state index in [1.807, 2.05) is 44.4 Å². The number of nitrogens with one attached hydrogen (secondary N) is 1. The van der Waals surface area contributed by atoms with Crippen molar-refractivity contribution in [1.82, 2.24) is 15.1 Å². The van der Waals surface area contributed by atoms with Gasteiger partial charge in [0.25, 0.3) is 0 Å². The number of benzene rings is 1. The Morgan fingerprint density at radius 3 is 2.82 bits per heavy atom. The summed E-state index contributed by atoms with van der Waals surface area (Å²) in [6.07, 6.45) is 1.86. The van der Waals surface area contributed by atoms with Gasteiger partial charge in [0.15, 0.2) is 0 Å². The minimum Gasteiger partial charge on any atom is -0.316 e. The molecule has 0 atom stereocenters. The second kappa shape index (κ2) is 4.81. The van der Waals surface area contributed by atoms with Crippen LogP contribution in [0.2, 0.25) is 0 Å². The first-order valence-electron chi connectivity index (χ1n) is 5.45. The quantitative estimate of drug-likeness (QED) is 0.867. The Labute approximate surface area is 100 Å². The maximum Gasteiger partial charge on any atom is 0.101 e. The third kappa shape index (κ3) is 2.35. The third-order valence-electron chi connectivity index (χ3n) is 2.53. The van der Waals surface area contributed by atoms with Gasteiger partial charge in [0.1, 0.15) is 6.07 Å². The standard InChI is InChI=1S/C13H14N4/c1-10-5-6-17(16-10)13-4-3-11(9-15-2)7-12(13)8-14/h3-7,15H,9H2,1-2H3. The van der Waals surface area contributed by atoms with Crippen molar-refractivity contribution in [3.8, 4) is 11.8 Å². The summed E-state index contributed by atoms with van der Waals surface area (Å²) < 4.78 is 1.73. The third-order valence-corrected chi connectivity index (χ3v) is 2.53. The molecule has 0 radical (unpaired) electrons. The number of hydrogen-bond donors (Lipinski definition) is 1. The lowest BCUT2D eigenvalue weighted by Gasteiger charge is -2.06. The molecule has 1 aromatic carbocycles. The summed E-state index contributed by atoms with van der Waals surface area (Å²) >= 11 is 0. The van der Waals surface area contributed by atoms with Gasteiger partial charge in [-0.15, -0.1) is 0 Å². The zero-order valence-electron chi connectivity index (χ0n) is 9.94. The number of rotatable bonds is 3. The highest BCUT2D eigenvalue weighted by atomic mass is 15.3. The van der Waals surface area contributed by atoms with Gasteiger partial charge in [-0.3, -0.25) is 0 Å². The van der Waals surface area contributed by atoms with E-state index < -0.39 is 0 Å². The molecule has 4 heteroatoms. The van der Waals surface area contributed by atoms with Crippen molar-refractivity contribution >= 4 is 0 Å². The molecular weight excluding hydrogens is 212 g/mol. The topological polar surface area (TPSA) is 53.6 Å². The molecule has 86 valence electrons. The predicted molar refractivity (Wildman–Crippen MR) is 65.8 cm³/mol. The van der Waals surface area contributed by atoms with E-state index in [1.165, 1.54) is 0 Å². The van der Waals surface area contributed by atoms with Crippen LogP contribution in [-0.2, 0) is 6.54 Å². The van der Waals surface area contributed by atoms with Crippen LogP contribution >= 0.6 is 0 Å². The smallest absolute Gasteiger partial charge is 0.101 e. The Kier molecular flexibility index (Phi) is 3.22. The van der Waals surface area contributed by atoms with E-state index in [-0.39, 0.29) is 0 Å². The summed E-state index contributed by atoms with van der Waals surface area (Å²) in [6.45, 7) is 2.69. The van der Waals surface area contributed by atoms with Crippen LogP contribution in [0.1, 0.15) is 16.8 Å². The van der Waals surface area contributed by atoms with Crippen LogP contribution in [0.5, 0.6) is 0 Å². The number of hydrogen-bond acceptors (Lipinski definition) is 3. The summed E-state index contributed by atoms with van der Waals surface area (Å²) in [7, 11) is 1.89. The Morgan fingerprint density at radius 2 is 2.24 bits per heavy atom. The fourth-order valence-corrected chi connectivity index (χ4v) is 1.74. The summed E-state index contributed by atoms with van der Waals surface area (Å²) in [6, 6.07) is 9.96. The van der Waals surface area contributed by atoms with Crippen molar-refractivity contribution in [2.45, 2.75) is 13.5 Å². The molecular formula is C13H14N4. The fourth-order valence-electron chi connectivity index (χ4n) is 1.74. The van der Waals surface area contributed by atoms with Gasteiger partial charge >= 0.3 is 0 Å². The van der Waals surface area contributed by atoms with E-state index >= 15 is 0 Å². The lowest BCUT2D eigenvalue weighted by Crippen LogP contribution is -2.06. The maximum atomic E-state index is 9.17. The molecule has 0 spiro atoms. The number of aryl methyl sites for hydroxylation is 1. The molecule has 0 saturated heterocycles. The monoisotopic (exact) mass is 226 g/mol. The predicted octanol–water partition coefficient (Wildman–Crippen LogP) is 1.77. The molecule has 0 unspecified atom stereocenters. The maximum absolute atomic E-state index is 9.17. The van der Waals surface area contributed by atoms with Gasteiger partial charge in [0.2, 0.25) is 0 Å². The lowest BCUT2D eigenvalue weighted by molar-refractivity contribution is 0.813. The van der Waals surface area contributed by atoms with Gasteiger partial charge in [-0.1, -0.05) is 6.07 Å². The van der Waals surface area contributed by atoms with Crippen LogP contribution in [0.3, 0.4) is 0 Å². The zero-order chi connectivity index (χ0) is 12.3. The summed E-state index contributed by atoms with van der Waals surface area (Å²) in [4.78, 5) is 0. The highest BCUT2D eigenvalue weighted by Crippen LogP contribution is 2.15. The van der Waals surface area contributed by atoms with Crippen LogP contribution < -0.4 is 5.32 Å². The molecule has 0 bridgehead atoms. The van der Waals surface area contributed by atoms with Crippen molar-refractivity contribution in [2.24, 2.45) is 0 Å². The summed E-state index contributed by atoms with van der Waals surface area (Å²) in [5.41, 5.74) is 3.49. The molecule has 0 amide bonds. The van der Waals surface area contributed by atoms with Gasteiger partial charge < -0.3 is 5.32 Å². The molecule has 4 nitrogen and oxygen atoms in total. The minimum atomic E-state index is 0.640. The summed E-state index contributed by atoms with van der Waals surface area (Å²) in [5, 5.41) is 16.5. The average molecular weight is 226 g/mol. The lowest BCUT2D eigenvalue weighted by atomic mass is 10.1. The first-order valence-corrected chi connectivity index (χ1v) is 5.45. The molecule has 1 heterocycles. The molecule has 0 fully saturated rings. The van der Waals surface area contributed by atoms with Crippen molar-refractivity contribution in [3.63, 3.8) is 0 Å². The Hall–Kier alpha value is -2.12. The molecule has 17 heavy (non-hydrogen) atoms. The van der Waals surface area contributed by atoms with Crippen molar-refractivity contribution in [3.05, 3.63) is 47.3 Å². The second-order valence-electron chi connectivity index (χ2n) is 3.90. The van der Waals surface area contributed by atoms with Gasteiger partial charge in [0, 0.05) is 12.7 Å². The normalized spacial score (nSPS) is 10.2. The van der Waals surface area contributed by atoms with Crippen molar-refractivity contribution in [2.75, 3.05) is 7.05 Å². The SMILES string of the molecule is CNCc1ccc(-n2ccc(C)n2)c(C#N)c1. The molecule has 1 N–H and O–H groups in total. The van der Waals surface area contributed by atoms with E-state index in [1.54, 1.807) is 4.68 Å². The van der Waals surface area contributed by atoms with Crippen LogP contribution in [0.4, 0.5) is 0 Å². The molecule has 0 saturated carbocycles. The summed E-state index contributed by atoms with van der Waals surface area (Å²) in [5.74, 6) is 0. The van der Waals surface area contributed by atoms with Crippen molar-refractivity contribution in [1.29, 1.82) is 5.26 Å². The van der Waals surface area contributed by atoms with E-state index in [0.29, 0.717) is 5.56 Å². The Balaban J connectivity index is 2.45. The first-order chi connectivity index (χ1) is 8.24. The number of aromatic nitrogens is 2. The minimum absolute atomic E-state index is 0.640. The van der Waals surface area contributed by atoms with Crippen LogP contribution in [0.25, 0.3) is 5.69 Å². The second-order valence-corrected chi connectivity index (χ2v) is 3.90. The van der Waals surface area contributed by atoms with Crippen LogP contribution in [-0.4, -0.2) is 16.8 Å². The van der Waals surface area contributed by atoms with E-state index in [2.05, 4.69) is 16.5 Å². The van der Waals surface area contributed by atoms with E-state index in [0.717, 1.165) is 23.5 Å². The van der Waals surface area contributed by atoms with Crippen molar-refractivity contribution < 1.29 is 0 Å². The van der Waals surface area contributed by atoms with Gasteiger partial charge in [-0.25, -0.2) is 4.68 Å². The molecule has 2 rings (SSSR count). The Morgan fingerprint density at radius 1 is 1.41 bits per heavy atom. The highest BCUT2D eigenvalue weighted by Gasteiger charge is 2.06. The van der Waals surface area contributed by atoms with E-state index in [4.69, 9.17) is 5.26 Å². The largest absolute Gasteiger partial charge is 0.316 e. The molecule has 0 aliphatic heterocycles. The van der Waals surface area contributed by atoms with Gasteiger partial charge in [-0.05, 0) is 37.7 Å². The molecule has 2 aromatic rings. The zero-order valence-corrected chi connectivity index (χ0v) is 9.94. The van der Waals surface area contributed by atoms with Crippen LogP contribution in [0.15, 0.2) is 30.5 Å². The average Bonchev–Trinajstić information content (AvgIpc) is 2.76. The van der Waals surface area contributed by atoms with Crippen LogP contribution in [0, 0.1) is 18.3 Å². The fraction of sp³-hybridized carbons (Fsp3) is 0.231. The van der Waals surface area contributed by atoms with E-state index in [9.17, 15) is 0 Å². The molecule has 0 aliphatic rings. The Bertz CT molecular complexity index is 563. The van der Waals surface area contributed by atoms with Gasteiger partial charge in [0.05, 0.1) is 16.9 Å². The molecule has 1 aromatic heterocycles. The number of nitrogens with zero attached hydrogens (tertiary/aromatic N) is 3. The highest BCUT2D eigenvalue weighted by molar-refractivity contribution is 5.50. The molecule has 0 aliphatic carbocycles. The first kappa shape index (κ1) is 11.4. The van der Waals surface area contributed by atoms with Gasteiger partial charge in [-0.2, -0.15) is 10.4 Å². The number of nitriles is 1.